The van der Waals surface area contributed by atoms with Crippen LogP contribution in [0, 0.1) is 0 Å². The van der Waals surface area contributed by atoms with E-state index in [0.29, 0.717) is 5.54 Å². The van der Waals surface area contributed by atoms with Gasteiger partial charge in [0.2, 0.25) is 0 Å². The zero-order chi connectivity index (χ0) is 12.4. The smallest absolute Gasteiger partial charge is 0.0185 e. The van der Waals surface area contributed by atoms with E-state index in [1.54, 1.807) is 11.1 Å². The molecule has 1 fully saturated rings. The van der Waals surface area contributed by atoms with Crippen molar-refractivity contribution >= 4 is 0 Å². The molecule has 1 heterocycles. The van der Waals surface area contributed by atoms with Crippen molar-refractivity contribution in [1.82, 2.24) is 5.32 Å². The standard InChI is InChI=1S/C17H25N/c1-2-17(11-6-12-18-17)13-15-9-5-8-14-7-3-4-10-16(14)15/h3-4,7,10,15,18H,2,5-6,8-9,11-13H2,1H3. The van der Waals surface area contributed by atoms with Crippen LogP contribution in [0.2, 0.25) is 0 Å². The number of aryl methyl sites for hydroxylation is 1. The number of nitrogens with one attached hydrogen (secondary N) is 1. The van der Waals surface area contributed by atoms with Crippen LogP contribution >= 0.6 is 0 Å². The number of benzene rings is 1. The number of hydrogen-bond donors (Lipinski definition) is 1. The third-order valence-electron chi connectivity index (χ3n) is 5.14. The van der Waals surface area contributed by atoms with Crippen molar-refractivity contribution in [2.75, 3.05) is 6.54 Å². The molecule has 1 nitrogen and oxygen atoms in total. The molecule has 3 rings (SSSR count). The van der Waals surface area contributed by atoms with Crippen LogP contribution < -0.4 is 5.32 Å². The molecular weight excluding hydrogens is 218 g/mol. The zero-order valence-corrected chi connectivity index (χ0v) is 11.5. The monoisotopic (exact) mass is 243 g/mol. The van der Waals surface area contributed by atoms with Crippen molar-refractivity contribution in [2.45, 2.75) is 63.3 Å². The first-order valence-electron chi connectivity index (χ1n) is 7.66. The quantitative estimate of drug-likeness (QED) is 0.845. The summed E-state index contributed by atoms with van der Waals surface area (Å²) >= 11 is 0. The summed E-state index contributed by atoms with van der Waals surface area (Å²) in [7, 11) is 0. The van der Waals surface area contributed by atoms with Crippen molar-refractivity contribution in [3.8, 4) is 0 Å². The topological polar surface area (TPSA) is 12.0 Å². The summed E-state index contributed by atoms with van der Waals surface area (Å²) in [4.78, 5) is 0. The Bertz CT molecular complexity index is 404. The third kappa shape index (κ3) is 2.21. The molecule has 1 aliphatic heterocycles. The fraction of sp³-hybridized carbons (Fsp3) is 0.647. The molecule has 98 valence electrons. The molecule has 18 heavy (non-hydrogen) atoms. The van der Waals surface area contributed by atoms with Crippen LogP contribution in [0.4, 0.5) is 0 Å². The molecule has 1 aliphatic carbocycles. The van der Waals surface area contributed by atoms with Gasteiger partial charge in [0.25, 0.3) is 0 Å². The van der Waals surface area contributed by atoms with Crippen molar-refractivity contribution in [3.63, 3.8) is 0 Å². The Morgan fingerprint density at radius 1 is 1.28 bits per heavy atom. The van der Waals surface area contributed by atoms with E-state index in [9.17, 15) is 0 Å². The van der Waals surface area contributed by atoms with Crippen molar-refractivity contribution in [3.05, 3.63) is 35.4 Å². The van der Waals surface area contributed by atoms with Gasteiger partial charge in [-0.3, -0.25) is 0 Å². The molecule has 2 aliphatic rings. The minimum atomic E-state index is 0.440. The normalized spacial score (nSPS) is 31.3. The average molecular weight is 243 g/mol. The molecule has 0 radical (unpaired) electrons. The second kappa shape index (κ2) is 5.05. The Morgan fingerprint density at radius 2 is 2.17 bits per heavy atom. The van der Waals surface area contributed by atoms with Crippen LogP contribution in [-0.2, 0) is 6.42 Å². The lowest BCUT2D eigenvalue weighted by Gasteiger charge is -2.35. The molecule has 1 aromatic rings. The number of rotatable bonds is 3. The van der Waals surface area contributed by atoms with E-state index in [0.717, 1.165) is 5.92 Å². The highest BCUT2D eigenvalue weighted by Gasteiger charge is 2.35. The highest BCUT2D eigenvalue weighted by atomic mass is 15.0. The summed E-state index contributed by atoms with van der Waals surface area (Å²) in [6, 6.07) is 9.13. The van der Waals surface area contributed by atoms with E-state index in [2.05, 4.69) is 36.5 Å². The third-order valence-corrected chi connectivity index (χ3v) is 5.14. The predicted octanol–water partition coefficient (Wildman–Crippen LogP) is 4.03. The molecule has 0 amide bonds. The maximum absolute atomic E-state index is 3.80. The minimum Gasteiger partial charge on any atom is -0.311 e. The molecule has 0 saturated carbocycles. The Kier molecular flexibility index (Phi) is 3.43. The predicted molar refractivity (Wildman–Crippen MR) is 77.0 cm³/mol. The van der Waals surface area contributed by atoms with Gasteiger partial charge in [0, 0.05) is 5.54 Å². The van der Waals surface area contributed by atoms with Crippen LogP contribution in [0.15, 0.2) is 24.3 Å². The number of hydrogen-bond acceptors (Lipinski definition) is 1. The molecule has 0 spiro atoms. The van der Waals surface area contributed by atoms with E-state index >= 15 is 0 Å². The first-order chi connectivity index (χ1) is 8.83. The highest BCUT2D eigenvalue weighted by molar-refractivity contribution is 5.33. The molecule has 1 heteroatoms. The molecule has 2 atom stereocenters. The summed E-state index contributed by atoms with van der Waals surface area (Å²) in [5, 5.41) is 3.80. The Hall–Kier alpha value is -0.820. The fourth-order valence-corrected chi connectivity index (χ4v) is 4.03. The lowest BCUT2D eigenvalue weighted by Crippen LogP contribution is -2.40. The Labute approximate surface area is 111 Å². The first-order valence-corrected chi connectivity index (χ1v) is 7.66. The van der Waals surface area contributed by atoms with Crippen molar-refractivity contribution in [1.29, 1.82) is 0 Å². The SMILES string of the molecule is CCC1(CC2CCCc3ccccc32)CCCN1. The van der Waals surface area contributed by atoms with Gasteiger partial charge in [-0.2, -0.15) is 0 Å². The maximum Gasteiger partial charge on any atom is 0.0185 e. The van der Waals surface area contributed by atoms with E-state index in [1.165, 1.54) is 51.5 Å². The van der Waals surface area contributed by atoms with E-state index < -0.39 is 0 Å². The fourth-order valence-electron chi connectivity index (χ4n) is 4.03. The van der Waals surface area contributed by atoms with Gasteiger partial charge in [0.1, 0.15) is 0 Å². The second-order valence-electron chi connectivity index (χ2n) is 6.16. The van der Waals surface area contributed by atoms with Gasteiger partial charge in [-0.25, -0.2) is 0 Å². The lowest BCUT2D eigenvalue weighted by molar-refractivity contribution is 0.296. The summed E-state index contributed by atoms with van der Waals surface area (Å²) in [6.45, 7) is 3.58. The van der Waals surface area contributed by atoms with Crippen LogP contribution in [0.1, 0.15) is 62.5 Å². The lowest BCUT2D eigenvalue weighted by atomic mass is 9.74. The molecule has 1 saturated heterocycles. The minimum absolute atomic E-state index is 0.440. The largest absolute Gasteiger partial charge is 0.311 e. The maximum atomic E-state index is 3.80. The van der Waals surface area contributed by atoms with Gasteiger partial charge in [-0.15, -0.1) is 0 Å². The molecule has 0 aromatic heterocycles. The average Bonchev–Trinajstić information content (AvgIpc) is 2.88. The van der Waals surface area contributed by atoms with Gasteiger partial charge in [0.15, 0.2) is 0 Å². The van der Waals surface area contributed by atoms with Gasteiger partial charge in [-0.05, 0) is 68.5 Å². The Morgan fingerprint density at radius 3 is 2.94 bits per heavy atom. The van der Waals surface area contributed by atoms with Crippen molar-refractivity contribution in [2.24, 2.45) is 0 Å². The van der Waals surface area contributed by atoms with Crippen LogP contribution in [-0.4, -0.2) is 12.1 Å². The van der Waals surface area contributed by atoms with Crippen molar-refractivity contribution < 1.29 is 0 Å². The first kappa shape index (κ1) is 12.2. The van der Waals surface area contributed by atoms with E-state index in [4.69, 9.17) is 0 Å². The van der Waals surface area contributed by atoms with Gasteiger partial charge in [0.05, 0.1) is 0 Å². The summed E-state index contributed by atoms with van der Waals surface area (Å²) < 4.78 is 0. The molecule has 1 aromatic carbocycles. The Balaban J connectivity index is 1.81. The van der Waals surface area contributed by atoms with Gasteiger partial charge in [-0.1, -0.05) is 31.2 Å². The van der Waals surface area contributed by atoms with Crippen LogP contribution in [0.3, 0.4) is 0 Å². The summed E-state index contributed by atoms with van der Waals surface area (Å²) in [6.07, 6.45) is 9.43. The van der Waals surface area contributed by atoms with Gasteiger partial charge >= 0.3 is 0 Å². The van der Waals surface area contributed by atoms with E-state index in [1.807, 2.05) is 0 Å². The van der Waals surface area contributed by atoms with Crippen LogP contribution in [0.5, 0.6) is 0 Å². The van der Waals surface area contributed by atoms with E-state index in [-0.39, 0.29) is 0 Å². The summed E-state index contributed by atoms with van der Waals surface area (Å²) in [5.74, 6) is 0.792. The molecule has 0 bridgehead atoms. The summed E-state index contributed by atoms with van der Waals surface area (Å²) in [5.41, 5.74) is 3.69. The zero-order valence-electron chi connectivity index (χ0n) is 11.5. The highest BCUT2D eigenvalue weighted by Crippen LogP contribution is 2.40. The molecule has 2 unspecified atom stereocenters. The molecule has 1 N–H and O–H groups in total. The molecular formula is C17H25N. The van der Waals surface area contributed by atoms with Crippen LogP contribution in [0.25, 0.3) is 0 Å². The second-order valence-corrected chi connectivity index (χ2v) is 6.16. The number of fused-ring (bicyclic) bond motifs is 1. The van der Waals surface area contributed by atoms with Gasteiger partial charge < -0.3 is 5.32 Å².